The van der Waals surface area contributed by atoms with E-state index < -0.39 is 20.9 Å². The van der Waals surface area contributed by atoms with Gasteiger partial charge in [-0.1, -0.05) is 0 Å². The van der Waals surface area contributed by atoms with Gasteiger partial charge >= 0.3 is 10.1 Å². The second kappa shape index (κ2) is 5.87. The molecule has 0 atom stereocenters. The van der Waals surface area contributed by atoms with Crippen molar-refractivity contribution in [3.05, 3.63) is 17.2 Å². The first-order valence-corrected chi connectivity index (χ1v) is 8.81. The molecule has 0 bridgehead atoms. The fourth-order valence-electron chi connectivity index (χ4n) is 3.05. The van der Waals surface area contributed by atoms with Crippen LogP contribution in [0.4, 0.5) is 5.82 Å². The summed E-state index contributed by atoms with van der Waals surface area (Å²) in [5.41, 5.74) is -0.287. The third kappa shape index (κ3) is 4.29. The van der Waals surface area contributed by atoms with Gasteiger partial charge in [0.25, 0.3) is 0 Å². The standard InChI is InChI=1S/C16H26N2O4S/c1-10-9-12(18(15(3,4)5)16(6,7)8)17-14(23(20,21)22)13(10)11(2)19/h9H,1-8H3,(H,20,21,22). The SMILES string of the molecule is CC(=O)c1c(C)cc(N(C(C)(C)C)C(C)(C)C)nc1S(=O)(=O)O. The van der Waals surface area contributed by atoms with Crippen molar-refractivity contribution < 1.29 is 17.8 Å². The number of ketones is 1. The van der Waals surface area contributed by atoms with Crippen molar-refractivity contribution in [1.82, 2.24) is 4.98 Å². The van der Waals surface area contributed by atoms with Crippen LogP contribution in [-0.2, 0) is 10.1 Å². The van der Waals surface area contributed by atoms with Crippen LogP contribution in [0.2, 0.25) is 0 Å². The van der Waals surface area contributed by atoms with Crippen molar-refractivity contribution in [1.29, 1.82) is 0 Å². The molecule has 0 aliphatic rings. The van der Waals surface area contributed by atoms with Crippen LogP contribution in [0.5, 0.6) is 0 Å². The van der Waals surface area contributed by atoms with Crippen molar-refractivity contribution in [2.45, 2.75) is 71.5 Å². The Hall–Kier alpha value is -1.47. The normalized spacial score (nSPS) is 13.1. The van der Waals surface area contributed by atoms with Crippen LogP contribution < -0.4 is 4.90 Å². The number of carbonyl (C=O) groups is 1. The largest absolute Gasteiger partial charge is 0.347 e. The first kappa shape index (κ1) is 19.6. The van der Waals surface area contributed by atoms with E-state index in [4.69, 9.17) is 0 Å². The number of rotatable bonds is 3. The van der Waals surface area contributed by atoms with Crippen LogP contribution in [0.25, 0.3) is 0 Å². The Morgan fingerprint density at radius 2 is 1.57 bits per heavy atom. The molecule has 0 amide bonds. The molecule has 0 unspecified atom stereocenters. The van der Waals surface area contributed by atoms with Gasteiger partial charge in [-0.25, -0.2) is 4.98 Å². The molecule has 0 saturated heterocycles. The third-order valence-electron chi connectivity index (χ3n) is 3.34. The Bertz CT molecular complexity index is 712. The Morgan fingerprint density at radius 3 is 1.87 bits per heavy atom. The molecular weight excluding hydrogens is 316 g/mol. The lowest BCUT2D eigenvalue weighted by atomic mass is 9.95. The molecule has 0 aliphatic heterocycles. The average Bonchev–Trinajstić information content (AvgIpc) is 2.21. The molecule has 7 heteroatoms. The van der Waals surface area contributed by atoms with Gasteiger partial charge in [0.1, 0.15) is 5.82 Å². The Kier molecular flexibility index (Phi) is 4.99. The fraction of sp³-hybridized carbons (Fsp3) is 0.625. The summed E-state index contributed by atoms with van der Waals surface area (Å²) in [6, 6.07) is 1.68. The lowest BCUT2D eigenvalue weighted by molar-refractivity contribution is 0.101. The molecular formula is C16H26N2O4S. The molecule has 1 aromatic rings. The summed E-state index contributed by atoms with van der Waals surface area (Å²) in [5, 5.41) is -0.585. The number of Topliss-reactive ketones (excluding diaryl/α,β-unsaturated/α-hetero) is 1. The van der Waals surface area contributed by atoms with E-state index in [9.17, 15) is 17.8 Å². The van der Waals surface area contributed by atoms with E-state index in [1.165, 1.54) is 6.92 Å². The van der Waals surface area contributed by atoms with Crippen molar-refractivity contribution in [2.24, 2.45) is 0 Å². The lowest BCUT2D eigenvalue weighted by Crippen LogP contribution is -2.53. The van der Waals surface area contributed by atoms with Gasteiger partial charge in [-0.15, -0.1) is 0 Å². The molecule has 0 fully saturated rings. The number of aryl methyl sites for hydroxylation is 1. The summed E-state index contributed by atoms with van der Waals surface area (Å²) < 4.78 is 32.9. The number of anilines is 1. The number of carbonyl (C=O) groups excluding carboxylic acids is 1. The Labute approximate surface area is 138 Å². The summed E-state index contributed by atoms with van der Waals surface area (Å²) in [7, 11) is -4.61. The highest BCUT2D eigenvalue weighted by Gasteiger charge is 2.34. The molecule has 1 N–H and O–H groups in total. The zero-order valence-corrected chi connectivity index (χ0v) is 15.9. The van der Waals surface area contributed by atoms with E-state index in [0.29, 0.717) is 11.4 Å². The molecule has 23 heavy (non-hydrogen) atoms. The maximum absolute atomic E-state index is 11.8. The highest BCUT2D eigenvalue weighted by Crippen LogP contribution is 2.33. The maximum atomic E-state index is 11.8. The topological polar surface area (TPSA) is 87.6 Å². The van der Waals surface area contributed by atoms with E-state index in [2.05, 4.69) is 4.98 Å². The van der Waals surface area contributed by atoms with E-state index in [-0.39, 0.29) is 16.6 Å². The molecule has 0 aromatic carbocycles. The molecule has 1 rings (SSSR count). The zero-order valence-electron chi connectivity index (χ0n) is 15.1. The molecule has 1 heterocycles. The van der Waals surface area contributed by atoms with Gasteiger partial charge < -0.3 is 4.90 Å². The maximum Gasteiger partial charge on any atom is 0.312 e. The van der Waals surface area contributed by atoms with E-state index in [1.807, 2.05) is 46.4 Å². The number of aromatic nitrogens is 1. The third-order valence-corrected chi connectivity index (χ3v) is 4.12. The van der Waals surface area contributed by atoms with Gasteiger partial charge in [-0.2, -0.15) is 8.42 Å². The quantitative estimate of drug-likeness (QED) is 0.670. The van der Waals surface area contributed by atoms with Crippen LogP contribution >= 0.6 is 0 Å². The second-order valence-electron chi connectivity index (χ2n) is 7.69. The van der Waals surface area contributed by atoms with Crippen LogP contribution in [0.1, 0.15) is 64.4 Å². The molecule has 6 nitrogen and oxygen atoms in total. The minimum atomic E-state index is -4.61. The first-order valence-electron chi connectivity index (χ1n) is 7.37. The smallest absolute Gasteiger partial charge is 0.312 e. The van der Waals surface area contributed by atoms with Crippen molar-refractivity contribution in [3.63, 3.8) is 0 Å². The van der Waals surface area contributed by atoms with Gasteiger partial charge in [-0.05, 0) is 67.0 Å². The van der Waals surface area contributed by atoms with E-state index in [1.54, 1.807) is 13.0 Å². The Morgan fingerprint density at radius 1 is 1.13 bits per heavy atom. The molecule has 1 aromatic heterocycles. The van der Waals surface area contributed by atoms with Crippen molar-refractivity contribution >= 4 is 21.7 Å². The summed E-state index contributed by atoms with van der Waals surface area (Å²) >= 11 is 0. The minimum absolute atomic E-state index is 0.0704. The minimum Gasteiger partial charge on any atom is -0.347 e. The van der Waals surface area contributed by atoms with Crippen LogP contribution in [0, 0.1) is 6.92 Å². The van der Waals surface area contributed by atoms with Gasteiger partial charge in [-0.3, -0.25) is 9.35 Å². The molecule has 130 valence electrons. The van der Waals surface area contributed by atoms with E-state index >= 15 is 0 Å². The van der Waals surface area contributed by atoms with Crippen LogP contribution in [-0.4, -0.2) is 34.8 Å². The van der Waals surface area contributed by atoms with Crippen molar-refractivity contribution in [2.75, 3.05) is 4.90 Å². The van der Waals surface area contributed by atoms with Gasteiger partial charge in [0, 0.05) is 11.1 Å². The fourth-order valence-corrected chi connectivity index (χ4v) is 3.82. The zero-order chi connectivity index (χ0) is 18.4. The number of hydrogen-bond acceptors (Lipinski definition) is 5. The number of pyridine rings is 1. The second-order valence-corrected chi connectivity index (χ2v) is 9.02. The monoisotopic (exact) mass is 342 g/mol. The first-order chi connectivity index (χ1) is 10.1. The summed E-state index contributed by atoms with van der Waals surface area (Å²) in [6.45, 7) is 14.8. The summed E-state index contributed by atoms with van der Waals surface area (Å²) in [5.74, 6) is -0.0487. The Balaban J connectivity index is 3.82. The molecule has 0 radical (unpaired) electrons. The summed E-state index contributed by atoms with van der Waals surface area (Å²) in [4.78, 5) is 17.9. The predicted octanol–water partition coefficient (Wildman–Crippen LogP) is 3.24. The average molecular weight is 342 g/mol. The van der Waals surface area contributed by atoms with Crippen LogP contribution in [0.3, 0.4) is 0 Å². The van der Waals surface area contributed by atoms with Crippen LogP contribution in [0.15, 0.2) is 11.1 Å². The van der Waals surface area contributed by atoms with Crippen molar-refractivity contribution in [3.8, 4) is 0 Å². The van der Waals surface area contributed by atoms with Gasteiger partial charge in [0.05, 0.1) is 5.56 Å². The van der Waals surface area contributed by atoms with Gasteiger partial charge in [0.15, 0.2) is 10.8 Å². The molecule has 0 saturated carbocycles. The number of nitrogens with zero attached hydrogens (tertiary/aromatic N) is 2. The highest BCUT2D eigenvalue weighted by molar-refractivity contribution is 7.85. The number of hydrogen-bond donors (Lipinski definition) is 1. The lowest BCUT2D eigenvalue weighted by Gasteiger charge is -2.46. The summed E-state index contributed by atoms with van der Waals surface area (Å²) in [6.07, 6.45) is 0. The predicted molar refractivity (Wildman–Crippen MR) is 90.8 cm³/mol. The van der Waals surface area contributed by atoms with E-state index in [0.717, 1.165) is 0 Å². The van der Waals surface area contributed by atoms with Gasteiger partial charge in [0.2, 0.25) is 0 Å². The highest BCUT2D eigenvalue weighted by atomic mass is 32.2. The molecule has 0 spiro atoms. The molecule has 0 aliphatic carbocycles.